The lowest BCUT2D eigenvalue weighted by Crippen LogP contribution is -2.61. The number of amides is 1. The molecule has 1 amide bonds. The first-order valence-corrected chi connectivity index (χ1v) is 12.3. The van der Waals surface area contributed by atoms with Crippen molar-refractivity contribution in [2.24, 2.45) is 27.8 Å². The molecule has 0 saturated carbocycles. The lowest BCUT2D eigenvalue weighted by Gasteiger charge is -2.38. The van der Waals surface area contributed by atoms with Gasteiger partial charge in [-0.15, -0.1) is 11.6 Å². The van der Waals surface area contributed by atoms with E-state index in [2.05, 4.69) is 35.3 Å². The van der Waals surface area contributed by atoms with Gasteiger partial charge in [-0.05, 0) is 44.6 Å². The van der Waals surface area contributed by atoms with Crippen LogP contribution in [-0.2, 0) is 9.53 Å². The number of nitrogens with two attached hydrogens (primary N) is 2. The second-order valence-corrected chi connectivity index (χ2v) is 10.6. The van der Waals surface area contributed by atoms with E-state index in [1.54, 1.807) is 0 Å². The second-order valence-electron chi connectivity index (χ2n) is 9.62. The van der Waals surface area contributed by atoms with E-state index in [4.69, 9.17) is 39.4 Å². The van der Waals surface area contributed by atoms with E-state index < -0.39 is 18.1 Å². The van der Waals surface area contributed by atoms with Gasteiger partial charge in [-0.25, -0.2) is 4.99 Å². The molecule has 2 heterocycles. The van der Waals surface area contributed by atoms with E-state index in [-0.39, 0.29) is 29.0 Å². The smallest absolute Gasteiger partial charge is 0.228 e. The maximum Gasteiger partial charge on any atom is 0.228 e. The van der Waals surface area contributed by atoms with Gasteiger partial charge in [-0.3, -0.25) is 10.1 Å². The topological polar surface area (TPSA) is 118 Å². The Morgan fingerprint density at radius 1 is 1.47 bits per heavy atom. The van der Waals surface area contributed by atoms with Crippen LogP contribution in [0, 0.1) is 11.3 Å². The first kappa shape index (κ1) is 27.5. The first-order valence-electron chi connectivity index (χ1n) is 11.5. The molecule has 32 heavy (non-hydrogen) atoms. The Morgan fingerprint density at radius 3 is 2.81 bits per heavy atom. The average molecular weight is 492 g/mol. The Balaban J connectivity index is 2.17. The van der Waals surface area contributed by atoms with Gasteiger partial charge < -0.3 is 26.4 Å². The van der Waals surface area contributed by atoms with Gasteiger partial charge in [0, 0.05) is 19.5 Å². The third-order valence-corrected chi connectivity index (χ3v) is 7.24. The molecule has 1 fully saturated rings. The van der Waals surface area contributed by atoms with Gasteiger partial charge in [-0.2, -0.15) is 0 Å². The fourth-order valence-electron chi connectivity index (χ4n) is 4.24. The fraction of sp³-hybridized carbons (Fsp3) is 0.864. The summed E-state index contributed by atoms with van der Waals surface area (Å²) in [5.41, 5.74) is 12.0. The van der Waals surface area contributed by atoms with Crippen LogP contribution in [0.15, 0.2) is 10.0 Å². The quantitative estimate of drug-likeness (QED) is 0.221. The monoisotopic (exact) mass is 490 g/mol. The van der Waals surface area contributed by atoms with Crippen molar-refractivity contribution >= 4 is 35.0 Å². The largest absolute Gasteiger partial charge is 0.375 e. The Hall–Kier alpha value is -0.700. The van der Waals surface area contributed by atoms with Crippen LogP contribution < -0.4 is 22.1 Å². The van der Waals surface area contributed by atoms with Crippen molar-refractivity contribution in [3.05, 3.63) is 5.03 Å². The molecule has 184 valence electrons. The lowest BCUT2D eigenvalue weighted by atomic mass is 9.74. The van der Waals surface area contributed by atoms with E-state index in [1.807, 2.05) is 19.0 Å². The van der Waals surface area contributed by atoms with Gasteiger partial charge in [0.1, 0.15) is 0 Å². The summed E-state index contributed by atoms with van der Waals surface area (Å²) in [6.07, 6.45) is 2.80. The van der Waals surface area contributed by atoms with E-state index in [1.165, 1.54) is 0 Å². The number of allylic oxidation sites excluding steroid dienone is 1. The summed E-state index contributed by atoms with van der Waals surface area (Å²) in [5, 5.41) is 6.88. The average Bonchev–Trinajstić information content (AvgIpc) is 2.71. The molecule has 6 atom stereocenters. The number of nitrogens with zero attached hydrogens (tertiary/aromatic N) is 2. The maximum absolute atomic E-state index is 13.4. The molecule has 2 rings (SSSR count). The standard InChI is InChI=1S/C22H40Cl2N6O2/c1-5-22(2)7-6-14(23)12-27-15(11-22)19(20(25)26)21(31)29-16-13-28-18(24)10-17(16)32-9-8-30(3)4/h15-20,28H,5-11,13,25-26H2,1-4H3,(H,29,31)/t15?,16?,17?,18?,19?,22-/m1/s1. The second kappa shape index (κ2) is 12.7. The molecule has 0 aliphatic carbocycles. The molecule has 1 saturated heterocycles. The summed E-state index contributed by atoms with van der Waals surface area (Å²) >= 11 is 12.6. The van der Waals surface area contributed by atoms with E-state index in [0.717, 1.165) is 25.8 Å². The number of piperidine rings is 1. The predicted octanol–water partition coefficient (Wildman–Crippen LogP) is 1.60. The van der Waals surface area contributed by atoms with Gasteiger partial charge in [0.15, 0.2) is 0 Å². The van der Waals surface area contributed by atoms with E-state index >= 15 is 0 Å². The van der Waals surface area contributed by atoms with Crippen molar-refractivity contribution in [3.8, 4) is 0 Å². The number of aliphatic imine (C=N–C) groups is 1. The van der Waals surface area contributed by atoms with E-state index in [9.17, 15) is 4.79 Å². The molecule has 5 unspecified atom stereocenters. The summed E-state index contributed by atoms with van der Waals surface area (Å²) in [4.78, 5) is 20.0. The number of likely N-dealkylation sites (N-methyl/N-ethyl adjacent to an activating group) is 1. The van der Waals surface area contributed by atoms with Crippen molar-refractivity contribution in [3.63, 3.8) is 0 Å². The zero-order valence-electron chi connectivity index (χ0n) is 19.7. The maximum atomic E-state index is 13.4. The van der Waals surface area contributed by atoms with Crippen LogP contribution in [0.1, 0.15) is 46.0 Å². The molecule has 6 N–H and O–H groups in total. The summed E-state index contributed by atoms with van der Waals surface area (Å²) in [6, 6.07) is -0.644. The molecule has 0 spiro atoms. The van der Waals surface area contributed by atoms with Gasteiger partial charge in [-0.1, -0.05) is 31.9 Å². The van der Waals surface area contributed by atoms with Gasteiger partial charge in [0.05, 0.1) is 47.4 Å². The highest BCUT2D eigenvalue weighted by molar-refractivity contribution is 6.33. The number of rotatable bonds is 9. The van der Waals surface area contributed by atoms with Crippen LogP contribution in [0.25, 0.3) is 0 Å². The van der Waals surface area contributed by atoms with Crippen molar-refractivity contribution in [2.45, 2.75) is 75.8 Å². The molecule has 10 heteroatoms. The molecule has 8 nitrogen and oxygen atoms in total. The molecule has 2 aliphatic rings. The minimum Gasteiger partial charge on any atom is -0.375 e. The number of halogens is 2. The third-order valence-electron chi connectivity index (χ3n) is 6.63. The Kier molecular flexibility index (Phi) is 10.9. The van der Waals surface area contributed by atoms with Crippen LogP contribution in [-0.4, -0.2) is 80.3 Å². The van der Waals surface area contributed by atoms with Crippen LogP contribution in [0.3, 0.4) is 0 Å². The Morgan fingerprint density at radius 2 is 2.19 bits per heavy atom. The lowest BCUT2D eigenvalue weighted by molar-refractivity contribution is -0.129. The zero-order valence-corrected chi connectivity index (χ0v) is 21.3. The number of alkyl halides is 1. The number of carbonyl (C=O) groups excluding carboxylic acids is 1. The van der Waals surface area contributed by atoms with Crippen molar-refractivity contribution < 1.29 is 9.53 Å². The van der Waals surface area contributed by atoms with Gasteiger partial charge in [0.25, 0.3) is 0 Å². The summed E-state index contributed by atoms with van der Waals surface area (Å²) in [6.45, 7) is 6.18. The number of ether oxygens (including phenoxy) is 1. The number of hydrogen-bond donors (Lipinski definition) is 4. The van der Waals surface area contributed by atoms with Crippen molar-refractivity contribution in [1.82, 2.24) is 15.5 Å². The predicted molar refractivity (Wildman–Crippen MR) is 131 cm³/mol. The van der Waals surface area contributed by atoms with Crippen LogP contribution in [0.2, 0.25) is 0 Å². The Labute approximate surface area is 202 Å². The Bertz CT molecular complexity index is 685. The highest BCUT2D eigenvalue weighted by Crippen LogP contribution is 2.38. The summed E-state index contributed by atoms with van der Waals surface area (Å²) in [5.74, 6) is 1.97. The molecular formula is C22H40Cl2N6O2. The third kappa shape index (κ3) is 8.26. The number of nitrogens with one attached hydrogen (secondary N) is 2. The van der Waals surface area contributed by atoms with Crippen LogP contribution in [0.4, 0.5) is 0 Å². The molecule has 0 bridgehead atoms. The van der Waals surface area contributed by atoms with E-state index in [0.29, 0.717) is 31.0 Å². The molecule has 0 aromatic carbocycles. The number of hydrogen-bond acceptors (Lipinski definition) is 7. The SMILES string of the molecule is CC[C@]1(C)CCC(Cl)=C=NC(C(C(=O)NC2CNC(Cl)CC2OCCN(C)C)C(N)N)C1. The molecular weight excluding hydrogens is 451 g/mol. The van der Waals surface area contributed by atoms with Crippen LogP contribution >= 0.6 is 23.2 Å². The number of carbonyl (C=O) groups is 1. The first-order chi connectivity index (χ1) is 15.0. The van der Waals surface area contributed by atoms with Gasteiger partial charge >= 0.3 is 0 Å². The minimum atomic E-state index is -0.865. The van der Waals surface area contributed by atoms with Crippen molar-refractivity contribution in [1.29, 1.82) is 0 Å². The molecule has 2 aliphatic heterocycles. The molecule has 0 aromatic heterocycles. The highest BCUT2D eigenvalue weighted by Gasteiger charge is 2.40. The van der Waals surface area contributed by atoms with Crippen molar-refractivity contribution in [2.75, 3.05) is 33.8 Å². The summed E-state index contributed by atoms with van der Waals surface area (Å²) < 4.78 is 6.06. The highest BCUT2D eigenvalue weighted by atomic mass is 35.5. The summed E-state index contributed by atoms with van der Waals surface area (Å²) in [7, 11) is 3.98. The normalized spacial score (nSPS) is 32.4. The molecule has 0 aromatic rings. The van der Waals surface area contributed by atoms with Crippen LogP contribution in [0.5, 0.6) is 0 Å². The fourth-order valence-corrected chi connectivity index (χ4v) is 4.65. The molecule has 0 radical (unpaired) electrons. The minimum absolute atomic E-state index is 0.0140. The van der Waals surface area contributed by atoms with Gasteiger partial charge in [0.2, 0.25) is 5.91 Å². The zero-order chi connectivity index (χ0) is 23.9.